The third kappa shape index (κ3) is 3.72. The number of pyridine rings is 1. The molecule has 0 atom stereocenters. The van der Waals surface area contributed by atoms with Crippen molar-refractivity contribution in [3.8, 4) is 16.9 Å². The minimum absolute atomic E-state index is 0.153. The van der Waals surface area contributed by atoms with Crippen LogP contribution in [-0.2, 0) is 0 Å². The molecule has 4 rings (SSSR count). The van der Waals surface area contributed by atoms with Gasteiger partial charge in [0.1, 0.15) is 12.1 Å². The van der Waals surface area contributed by atoms with Crippen LogP contribution in [0.4, 0.5) is 15.8 Å². The Morgan fingerprint density at radius 2 is 2.00 bits per heavy atom. The SMILES string of the molecule is Cc1cc(-n2cnnn2)cc(NC(=O)c2cc(F)cc(-c3ncccc3N)c2)c1C. The van der Waals surface area contributed by atoms with E-state index in [2.05, 4.69) is 25.8 Å². The first-order valence-corrected chi connectivity index (χ1v) is 9.10. The normalized spacial score (nSPS) is 10.8. The summed E-state index contributed by atoms with van der Waals surface area (Å²) in [5, 5.41) is 14.0. The van der Waals surface area contributed by atoms with Gasteiger partial charge in [0.05, 0.1) is 17.1 Å². The van der Waals surface area contributed by atoms with Gasteiger partial charge in [0.2, 0.25) is 0 Å². The molecule has 150 valence electrons. The molecule has 0 radical (unpaired) electrons. The Morgan fingerprint density at radius 1 is 1.17 bits per heavy atom. The molecule has 0 bridgehead atoms. The number of carbonyl (C=O) groups excluding carboxylic acids is 1. The van der Waals surface area contributed by atoms with E-state index in [0.717, 1.165) is 11.1 Å². The smallest absolute Gasteiger partial charge is 0.255 e. The van der Waals surface area contributed by atoms with Gasteiger partial charge < -0.3 is 11.1 Å². The number of nitrogen functional groups attached to an aromatic ring is 1. The molecular formula is C21H18FN7O. The van der Waals surface area contributed by atoms with Gasteiger partial charge in [-0.2, -0.15) is 0 Å². The van der Waals surface area contributed by atoms with E-state index < -0.39 is 11.7 Å². The second kappa shape index (κ2) is 7.70. The van der Waals surface area contributed by atoms with Crippen LogP contribution >= 0.6 is 0 Å². The number of tetrazole rings is 1. The van der Waals surface area contributed by atoms with Gasteiger partial charge in [-0.1, -0.05) is 0 Å². The number of halogens is 1. The number of nitrogens with zero attached hydrogens (tertiary/aromatic N) is 5. The summed E-state index contributed by atoms with van der Waals surface area (Å²) in [4.78, 5) is 17.1. The molecule has 0 unspecified atom stereocenters. The van der Waals surface area contributed by atoms with Gasteiger partial charge in [-0.05, 0) is 77.9 Å². The summed E-state index contributed by atoms with van der Waals surface area (Å²) in [6, 6.07) is 11.1. The van der Waals surface area contributed by atoms with E-state index >= 15 is 0 Å². The van der Waals surface area contributed by atoms with E-state index in [1.165, 1.54) is 23.1 Å². The van der Waals surface area contributed by atoms with Crippen molar-refractivity contribution in [3.05, 3.63) is 77.5 Å². The zero-order valence-corrected chi connectivity index (χ0v) is 16.3. The Labute approximate surface area is 171 Å². The van der Waals surface area contributed by atoms with Crippen molar-refractivity contribution < 1.29 is 9.18 Å². The molecule has 0 saturated carbocycles. The number of hydrogen-bond donors (Lipinski definition) is 2. The summed E-state index contributed by atoms with van der Waals surface area (Å²) in [7, 11) is 0. The van der Waals surface area contributed by atoms with Gasteiger partial charge in [-0.3, -0.25) is 9.78 Å². The molecule has 0 saturated heterocycles. The van der Waals surface area contributed by atoms with Gasteiger partial charge in [0, 0.05) is 23.0 Å². The molecule has 2 aromatic carbocycles. The lowest BCUT2D eigenvalue weighted by molar-refractivity contribution is 0.102. The first-order valence-electron chi connectivity index (χ1n) is 9.10. The summed E-state index contributed by atoms with van der Waals surface area (Å²) in [5.74, 6) is -1.01. The number of nitrogens with one attached hydrogen (secondary N) is 1. The molecule has 0 spiro atoms. The predicted octanol–water partition coefficient (Wildman–Crippen LogP) is 3.31. The lowest BCUT2D eigenvalue weighted by atomic mass is 10.0. The average Bonchev–Trinajstić information content (AvgIpc) is 3.26. The number of nitrogens with two attached hydrogens (primary N) is 1. The summed E-state index contributed by atoms with van der Waals surface area (Å²) >= 11 is 0. The van der Waals surface area contributed by atoms with Crippen molar-refractivity contribution >= 4 is 17.3 Å². The van der Waals surface area contributed by atoms with E-state index in [1.807, 2.05) is 19.9 Å². The fraction of sp³-hybridized carbons (Fsp3) is 0.0952. The van der Waals surface area contributed by atoms with Crippen molar-refractivity contribution in [1.82, 2.24) is 25.2 Å². The predicted molar refractivity (Wildman–Crippen MR) is 111 cm³/mol. The standard InChI is InChI=1S/C21H18FN7O/c1-12-6-17(29-11-25-27-28-29)10-19(13(12)2)26-21(30)15-7-14(8-16(22)9-15)20-18(23)4-3-5-24-20/h3-11H,23H2,1-2H3,(H,26,30). The molecule has 4 aromatic rings. The number of rotatable bonds is 4. The molecule has 3 N–H and O–H groups in total. The molecule has 0 aliphatic heterocycles. The van der Waals surface area contributed by atoms with Gasteiger partial charge in [0.25, 0.3) is 5.91 Å². The number of aromatic nitrogens is 5. The molecule has 0 fully saturated rings. The van der Waals surface area contributed by atoms with E-state index in [9.17, 15) is 9.18 Å². The topological polar surface area (TPSA) is 112 Å². The Kier molecular flexibility index (Phi) is 4.93. The maximum atomic E-state index is 14.3. The van der Waals surface area contributed by atoms with Crippen LogP contribution in [0.1, 0.15) is 21.5 Å². The van der Waals surface area contributed by atoms with Crippen LogP contribution in [0.2, 0.25) is 0 Å². The van der Waals surface area contributed by atoms with Crippen LogP contribution in [0.15, 0.2) is 55.0 Å². The first-order chi connectivity index (χ1) is 14.4. The van der Waals surface area contributed by atoms with Gasteiger partial charge in [-0.25, -0.2) is 9.07 Å². The van der Waals surface area contributed by atoms with Crippen LogP contribution in [0.5, 0.6) is 0 Å². The van der Waals surface area contributed by atoms with Crippen LogP contribution in [0, 0.1) is 19.7 Å². The molecule has 2 heterocycles. The Morgan fingerprint density at radius 3 is 2.73 bits per heavy atom. The Hall–Kier alpha value is -4.14. The number of anilines is 2. The third-order valence-electron chi connectivity index (χ3n) is 4.79. The highest BCUT2D eigenvalue weighted by Crippen LogP contribution is 2.27. The minimum Gasteiger partial charge on any atom is -0.397 e. The lowest BCUT2D eigenvalue weighted by Crippen LogP contribution is -2.14. The highest BCUT2D eigenvalue weighted by molar-refractivity contribution is 6.05. The number of amides is 1. The van der Waals surface area contributed by atoms with Crippen molar-refractivity contribution in [2.75, 3.05) is 11.1 Å². The number of carbonyl (C=O) groups is 1. The molecule has 9 heteroatoms. The number of benzene rings is 2. The summed E-state index contributed by atoms with van der Waals surface area (Å²) < 4.78 is 15.8. The Balaban J connectivity index is 1.69. The zero-order valence-electron chi connectivity index (χ0n) is 16.3. The second-order valence-corrected chi connectivity index (χ2v) is 6.81. The highest BCUT2D eigenvalue weighted by Gasteiger charge is 2.15. The molecule has 2 aromatic heterocycles. The molecule has 0 aliphatic carbocycles. The van der Waals surface area contributed by atoms with Crippen LogP contribution < -0.4 is 11.1 Å². The monoisotopic (exact) mass is 403 g/mol. The summed E-state index contributed by atoms with van der Waals surface area (Å²) in [6.07, 6.45) is 3.03. The average molecular weight is 403 g/mol. The molecular weight excluding hydrogens is 385 g/mol. The van der Waals surface area contributed by atoms with Crippen molar-refractivity contribution in [2.24, 2.45) is 0 Å². The van der Waals surface area contributed by atoms with Crippen molar-refractivity contribution in [2.45, 2.75) is 13.8 Å². The van der Waals surface area contributed by atoms with Gasteiger partial charge in [0.15, 0.2) is 0 Å². The first kappa shape index (κ1) is 19.2. The summed E-state index contributed by atoms with van der Waals surface area (Å²) in [6.45, 7) is 3.81. The van der Waals surface area contributed by atoms with Gasteiger partial charge >= 0.3 is 0 Å². The Bertz CT molecular complexity index is 1240. The largest absolute Gasteiger partial charge is 0.397 e. The van der Waals surface area contributed by atoms with Crippen LogP contribution in [0.3, 0.4) is 0 Å². The molecule has 0 aliphatic rings. The fourth-order valence-electron chi connectivity index (χ4n) is 3.09. The van der Waals surface area contributed by atoms with Gasteiger partial charge in [-0.15, -0.1) is 5.10 Å². The minimum atomic E-state index is -0.557. The molecule has 8 nitrogen and oxygen atoms in total. The van der Waals surface area contributed by atoms with E-state index in [-0.39, 0.29) is 5.56 Å². The molecule has 1 amide bonds. The van der Waals surface area contributed by atoms with E-state index in [1.54, 1.807) is 30.5 Å². The number of hydrogen-bond acceptors (Lipinski definition) is 6. The third-order valence-corrected chi connectivity index (χ3v) is 4.79. The zero-order chi connectivity index (χ0) is 21.3. The van der Waals surface area contributed by atoms with Crippen LogP contribution in [-0.4, -0.2) is 31.1 Å². The quantitative estimate of drug-likeness (QED) is 0.541. The lowest BCUT2D eigenvalue weighted by Gasteiger charge is -2.14. The van der Waals surface area contributed by atoms with Crippen molar-refractivity contribution in [1.29, 1.82) is 0 Å². The van der Waals surface area contributed by atoms with E-state index in [0.29, 0.717) is 28.3 Å². The fourth-order valence-corrected chi connectivity index (χ4v) is 3.09. The number of aryl methyl sites for hydroxylation is 1. The van der Waals surface area contributed by atoms with Crippen LogP contribution in [0.25, 0.3) is 16.9 Å². The second-order valence-electron chi connectivity index (χ2n) is 6.81. The van der Waals surface area contributed by atoms with E-state index in [4.69, 9.17) is 5.73 Å². The maximum Gasteiger partial charge on any atom is 0.255 e. The molecule has 30 heavy (non-hydrogen) atoms. The van der Waals surface area contributed by atoms with Crippen molar-refractivity contribution in [3.63, 3.8) is 0 Å². The summed E-state index contributed by atoms with van der Waals surface area (Å²) in [5.41, 5.74) is 10.4. The highest BCUT2D eigenvalue weighted by atomic mass is 19.1. The maximum absolute atomic E-state index is 14.3.